The number of nitro benzene ring substituents is 1. The van der Waals surface area contributed by atoms with Crippen LogP contribution in [0.5, 0.6) is 5.75 Å². The molecule has 1 heterocycles. The summed E-state index contributed by atoms with van der Waals surface area (Å²) >= 11 is 5.86. The van der Waals surface area contributed by atoms with E-state index in [2.05, 4.69) is 15.2 Å². The predicted octanol–water partition coefficient (Wildman–Crippen LogP) is 2.99. The van der Waals surface area contributed by atoms with Crippen molar-refractivity contribution in [3.05, 3.63) is 80.9 Å². The minimum atomic E-state index is -0.485. The van der Waals surface area contributed by atoms with Crippen LogP contribution in [0.4, 0.5) is 5.69 Å². The first-order valence-corrected chi connectivity index (χ1v) is 7.70. The van der Waals surface area contributed by atoms with Gasteiger partial charge in [0.25, 0.3) is 5.69 Å². The van der Waals surface area contributed by atoms with E-state index in [1.165, 1.54) is 24.3 Å². The molecule has 8 nitrogen and oxygen atoms in total. The van der Waals surface area contributed by atoms with Crippen molar-refractivity contribution in [1.82, 2.24) is 15.2 Å². The first kappa shape index (κ1) is 16.9. The van der Waals surface area contributed by atoms with Crippen molar-refractivity contribution < 1.29 is 9.66 Å². The molecule has 0 radical (unpaired) electrons. The molecule has 9 heteroatoms. The zero-order valence-electron chi connectivity index (χ0n) is 12.9. The summed E-state index contributed by atoms with van der Waals surface area (Å²) in [4.78, 5) is 14.5. The molecule has 1 aromatic heterocycles. The van der Waals surface area contributed by atoms with Crippen LogP contribution < -0.4 is 10.5 Å². The van der Waals surface area contributed by atoms with Crippen molar-refractivity contribution in [1.29, 1.82) is 0 Å². The second-order valence-electron chi connectivity index (χ2n) is 5.21. The van der Waals surface area contributed by atoms with Crippen molar-refractivity contribution in [3.63, 3.8) is 0 Å². The number of aromatic nitrogens is 3. The molecule has 0 amide bonds. The molecule has 0 spiro atoms. The van der Waals surface area contributed by atoms with E-state index in [4.69, 9.17) is 22.1 Å². The standard InChI is InChI=1S/C16H14ClN5O3/c17-11-3-1-10(2-4-11)15(18)16-19-14(20-21-16)9-25-13-7-5-12(6-8-13)22(23)24/h1-8,15H,9,18H2,(H,19,20,21)/t15-/m0/s1. The summed E-state index contributed by atoms with van der Waals surface area (Å²) in [6, 6.07) is 12.4. The lowest BCUT2D eigenvalue weighted by atomic mass is 10.1. The second kappa shape index (κ2) is 7.29. The average molecular weight is 360 g/mol. The number of hydrogen-bond acceptors (Lipinski definition) is 6. The van der Waals surface area contributed by atoms with E-state index in [1.807, 2.05) is 12.1 Å². The summed E-state index contributed by atoms with van der Waals surface area (Å²) in [6.07, 6.45) is 0. The van der Waals surface area contributed by atoms with E-state index in [-0.39, 0.29) is 12.3 Å². The first-order valence-electron chi connectivity index (χ1n) is 7.32. The molecule has 0 aliphatic heterocycles. The van der Waals surface area contributed by atoms with Gasteiger partial charge < -0.3 is 10.5 Å². The Hall–Kier alpha value is -2.97. The molecule has 0 aliphatic carbocycles. The van der Waals surface area contributed by atoms with Crippen LogP contribution in [-0.2, 0) is 6.61 Å². The first-order chi connectivity index (χ1) is 12.0. The van der Waals surface area contributed by atoms with Gasteiger partial charge in [-0.3, -0.25) is 15.2 Å². The van der Waals surface area contributed by atoms with Crippen LogP contribution in [0.25, 0.3) is 0 Å². The van der Waals surface area contributed by atoms with E-state index < -0.39 is 11.0 Å². The van der Waals surface area contributed by atoms with Gasteiger partial charge in [-0.2, -0.15) is 5.10 Å². The Labute approximate surface area is 147 Å². The lowest BCUT2D eigenvalue weighted by molar-refractivity contribution is -0.384. The number of rotatable bonds is 6. The van der Waals surface area contributed by atoms with Gasteiger partial charge in [-0.1, -0.05) is 23.7 Å². The van der Waals surface area contributed by atoms with Gasteiger partial charge in [0.15, 0.2) is 11.6 Å². The van der Waals surface area contributed by atoms with E-state index in [0.717, 1.165) is 5.56 Å². The third-order valence-corrected chi connectivity index (χ3v) is 3.73. The highest BCUT2D eigenvalue weighted by Crippen LogP contribution is 2.20. The third kappa shape index (κ3) is 4.11. The van der Waals surface area contributed by atoms with Crippen LogP contribution in [-0.4, -0.2) is 20.1 Å². The van der Waals surface area contributed by atoms with Crippen LogP contribution in [0.15, 0.2) is 48.5 Å². The number of halogens is 1. The molecule has 1 atom stereocenters. The number of aromatic amines is 1. The summed E-state index contributed by atoms with van der Waals surface area (Å²) in [5, 5.41) is 18.1. The fraction of sp³-hybridized carbons (Fsp3) is 0.125. The van der Waals surface area contributed by atoms with Crippen LogP contribution in [0, 0.1) is 10.1 Å². The van der Waals surface area contributed by atoms with Crippen molar-refractivity contribution in [2.24, 2.45) is 5.73 Å². The predicted molar refractivity (Wildman–Crippen MR) is 91.3 cm³/mol. The van der Waals surface area contributed by atoms with Gasteiger partial charge in [-0.15, -0.1) is 0 Å². The van der Waals surface area contributed by atoms with Crippen molar-refractivity contribution in [2.75, 3.05) is 0 Å². The van der Waals surface area contributed by atoms with Gasteiger partial charge in [0.1, 0.15) is 12.4 Å². The quantitative estimate of drug-likeness (QED) is 0.515. The monoisotopic (exact) mass is 359 g/mol. The Morgan fingerprint density at radius 1 is 1.20 bits per heavy atom. The number of non-ortho nitro benzene ring substituents is 1. The fourth-order valence-electron chi connectivity index (χ4n) is 2.15. The Morgan fingerprint density at radius 2 is 1.88 bits per heavy atom. The average Bonchev–Trinajstić information content (AvgIpc) is 3.09. The number of nitrogens with zero attached hydrogens (tertiary/aromatic N) is 3. The number of nitrogens with two attached hydrogens (primary N) is 1. The summed E-state index contributed by atoms with van der Waals surface area (Å²) in [7, 11) is 0. The number of ether oxygens (including phenoxy) is 1. The Balaban J connectivity index is 1.63. The van der Waals surface area contributed by atoms with Crippen molar-refractivity contribution in [3.8, 4) is 5.75 Å². The van der Waals surface area contributed by atoms with Crippen LogP contribution in [0.2, 0.25) is 5.02 Å². The number of benzene rings is 2. The maximum absolute atomic E-state index is 10.6. The number of H-pyrrole nitrogens is 1. The molecular formula is C16H14ClN5O3. The molecule has 3 aromatic rings. The van der Waals surface area contributed by atoms with E-state index in [1.54, 1.807) is 12.1 Å². The molecule has 0 aliphatic rings. The maximum Gasteiger partial charge on any atom is 0.269 e. The fourth-order valence-corrected chi connectivity index (χ4v) is 2.27. The van der Waals surface area contributed by atoms with Gasteiger partial charge in [-0.25, -0.2) is 4.98 Å². The summed E-state index contributed by atoms with van der Waals surface area (Å²) in [5.41, 5.74) is 6.98. The van der Waals surface area contributed by atoms with E-state index >= 15 is 0 Å². The topological polar surface area (TPSA) is 120 Å². The highest BCUT2D eigenvalue weighted by atomic mass is 35.5. The molecule has 0 bridgehead atoms. The lowest BCUT2D eigenvalue weighted by Crippen LogP contribution is -2.13. The SMILES string of the molecule is N[C@@H](c1ccc(Cl)cc1)c1n[nH]c(COc2ccc([N+](=O)[O-])cc2)n1. The minimum absolute atomic E-state index is 0.00300. The summed E-state index contributed by atoms with van der Waals surface area (Å²) < 4.78 is 5.53. The molecule has 3 N–H and O–H groups in total. The molecule has 2 aromatic carbocycles. The molecule has 3 rings (SSSR count). The van der Waals surface area contributed by atoms with E-state index in [9.17, 15) is 10.1 Å². The molecular weight excluding hydrogens is 346 g/mol. The van der Waals surface area contributed by atoms with Crippen LogP contribution in [0.1, 0.15) is 23.3 Å². The zero-order chi connectivity index (χ0) is 17.8. The third-order valence-electron chi connectivity index (χ3n) is 3.48. The lowest BCUT2D eigenvalue weighted by Gasteiger charge is -2.07. The van der Waals surface area contributed by atoms with Crippen molar-refractivity contribution >= 4 is 17.3 Å². The summed E-state index contributed by atoms with van der Waals surface area (Å²) in [5.74, 6) is 1.42. The Morgan fingerprint density at radius 3 is 2.52 bits per heavy atom. The largest absolute Gasteiger partial charge is 0.486 e. The smallest absolute Gasteiger partial charge is 0.269 e. The summed E-state index contributed by atoms with van der Waals surface area (Å²) in [6.45, 7) is 0.137. The van der Waals surface area contributed by atoms with Crippen molar-refractivity contribution in [2.45, 2.75) is 12.6 Å². The van der Waals surface area contributed by atoms with Gasteiger partial charge in [0.2, 0.25) is 0 Å². The minimum Gasteiger partial charge on any atom is -0.486 e. The van der Waals surface area contributed by atoms with Gasteiger partial charge in [0.05, 0.1) is 11.0 Å². The zero-order valence-corrected chi connectivity index (χ0v) is 13.7. The highest BCUT2D eigenvalue weighted by molar-refractivity contribution is 6.30. The number of hydrogen-bond donors (Lipinski definition) is 2. The molecule has 0 saturated carbocycles. The van der Waals surface area contributed by atoms with Gasteiger partial charge in [0, 0.05) is 17.2 Å². The Kier molecular flexibility index (Phi) is 4.92. The van der Waals surface area contributed by atoms with Gasteiger partial charge >= 0.3 is 0 Å². The van der Waals surface area contributed by atoms with Crippen LogP contribution in [0.3, 0.4) is 0 Å². The number of nitro groups is 1. The highest BCUT2D eigenvalue weighted by Gasteiger charge is 2.15. The number of nitrogens with one attached hydrogen (secondary N) is 1. The van der Waals surface area contributed by atoms with E-state index in [0.29, 0.717) is 22.4 Å². The molecule has 128 valence electrons. The molecule has 0 unspecified atom stereocenters. The molecule has 0 saturated heterocycles. The normalized spacial score (nSPS) is 11.9. The Bertz CT molecular complexity index is 864. The van der Waals surface area contributed by atoms with Crippen LogP contribution >= 0.6 is 11.6 Å². The maximum atomic E-state index is 10.6. The second-order valence-corrected chi connectivity index (χ2v) is 5.65. The molecule has 0 fully saturated rings. The molecule has 25 heavy (non-hydrogen) atoms. The van der Waals surface area contributed by atoms with Gasteiger partial charge in [-0.05, 0) is 29.8 Å².